The fourth-order valence-corrected chi connectivity index (χ4v) is 1.93. The molecule has 1 amide bonds. The zero-order chi connectivity index (χ0) is 12.9. The van der Waals surface area contributed by atoms with Crippen molar-refractivity contribution in [3.63, 3.8) is 0 Å². The first kappa shape index (κ1) is 14.0. The molecule has 0 spiro atoms. The topological polar surface area (TPSA) is 62.1 Å². The molecule has 4 nitrogen and oxygen atoms in total. The Kier molecular flexibility index (Phi) is 4.53. The molecule has 1 rings (SSSR count). The van der Waals surface area contributed by atoms with E-state index in [9.17, 15) is 10.1 Å². The Balaban J connectivity index is 2.77. The van der Waals surface area contributed by atoms with E-state index in [1.165, 1.54) is 0 Å². The molecule has 1 aliphatic rings. The molecular formula is C13H22N2O2. The van der Waals surface area contributed by atoms with Crippen LogP contribution in [0.5, 0.6) is 0 Å². The highest BCUT2D eigenvalue weighted by molar-refractivity contribution is 5.86. The van der Waals surface area contributed by atoms with Crippen LogP contribution in [0.2, 0.25) is 0 Å². The Morgan fingerprint density at radius 3 is 2.35 bits per heavy atom. The first-order valence-electron chi connectivity index (χ1n) is 6.33. The third kappa shape index (κ3) is 2.98. The van der Waals surface area contributed by atoms with Gasteiger partial charge < -0.3 is 10.1 Å². The van der Waals surface area contributed by atoms with Crippen molar-refractivity contribution in [1.82, 2.24) is 5.32 Å². The van der Waals surface area contributed by atoms with Gasteiger partial charge in [0.05, 0.1) is 6.07 Å². The zero-order valence-electron chi connectivity index (χ0n) is 11.0. The van der Waals surface area contributed by atoms with Crippen molar-refractivity contribution < 1.29 is 9.53 Å². The van der Waals surface area contributed by atoms with Gasteiger partial charge in [0.25, 0.3) is 0 Å². The average Bonchev–Trinajstić information content (AvgIpc) is 2.39. The lowest BCUT2D eigenvalue weighted by Gasteiger charge is -2.35. The maximum atomic E-state index is 12.3. The minimum Gasteiger partial charge on any atom is -0.381 e. The van der Waals surface area contributed by atoms with Gasteiger partial charge in [-0.3, -0.25) is 4.79 Å². The van der Waals surface area contributed by atoms with E-state index < -0.39 is 5.41 Å². The summed E-state index contributed by atoms with van der Waals surface area (Å²) < 4.78 is 5.23. The average molecular weight is 238 g/mol. The van der Waals surface area contributed by atoms with Gasteiger partial charge in [-0.2, -0.15) is 5.26 Å². The van der Waals surface area contributed by atoms with Crippen LogP contribution in [0.4, 0.5) is 0 Å². The first-order chi connectivity index (χ1) is 8.02. The summed E-state index contributed by atoms with van der Waals surface area (Å²) in [5, 5.41) is 12.3. The predicted octanol–water partition coefficient (Wildman–Crippen LogP) is 2.00. The number of carbonyl (C=O) groups is 1. The molecule has 17 heavy (non-hydrogen) atoms. The van der Waals surface area contributed by atoms with Crippen molar-refractivity contribution in [2.75, 3.05) is 13.2 Å². The van der Waals surface area contributed by atoms with Gasteiger partial charge in [-0.1, -0.05) is 13.8 Å². The third-order valence-electron chi connectivity index (χ3n) is 3.97. The Labute approximate surface area is 103 Å². The van der Waals surface area contributed by atoms with Crippen LogP contribution < -0.4 is 5.32 Å². The fraction of sp³-hybridized carbons (Fsp3) is 0.846. The Bertz CT molecular complexity index is 310. The number of nitriles is 1. The Hall–Kier alpha value is -1.08. The SMILES string of the molecule is CCC(C)(CC)NC(=O)C1(C#N)CCOCC1. The summed E-state index contributed by atoms with van der Waals surface area (Å²) in [6, 6.07) is 2.20. The molecule has 0 atom stereocenters. The highest BCUT2D eigenvalue weighted by Crippen LogP contribution is 2.31. The van der Waals surface area contributed by atoms with E-state index in [1.807, 2.05) is 20.8 Å². The number of amides is 1. The highest BCUT2D eigenvalue weighted by Gasteiger charge is 2.42. The number of nitrogens with one attached hydrogen (secondary N) is 1. The maximum absolute atomic E-state index is 12.3. The quantitative estimate of drug-likeness (QED) is 0.814. The van der Waals surface area contributed by atoms with Gasteiger partial charge in [0.2, 0.25) is 5.91 Å². The minimum atomic E-state index is -0.885. The lowest BCUT2D eigenvalue weighted by Crippen LogP contribution is -2.52. The Morgan fingerprint density at radius 2 is 1.94 bits per heavy atom. The van der Waals surface area contributed by atoms with Crippen molar-refractivity contribution in [2.45, 2.75) is 52.0 Å². The lowest BCUT2D eigenvalue weighted by molar-refractivity contribution is -0.134. The summed E-state index contributed by atoms with van der Waals surface area (Å²) in [4.78, 5) is 12.3. The van der Waals surface area contributed by atoms with E-state index in [2.05, 4.69) is 11.4 Å². The zero-order valence-corrected chi connectivity index (χ0v) is 11.0. The van der Waals surface area contributed by atoms with Gasteiger partial charge >= 0.3 is 0 Å². The molecule has 96 valence electrons. The van der Waals surface area contributed by atoms with E-state index in [-0.39, 0.29) is 11.4 Å². The van der Waals surface area contributed by atoms with Gasteiger partial charge in [-0.15, -0.1) is 0 Å². The fourth-order valence-electron chi connectivity index (χ4n) is 1.93. The maximum Gasteiger partial charge on any atom is 0.241 e. The van der Waals surface area contributed by atoms with Crippen LogP contribution in [0.3, 0.4) is 0 Å². The molecule has 0 aromatic heterocycles. The molecule has 1 fully saturated rings. The molecule has 0 radical (unpaired) electrons. The normalized spacial score (nSPS) is 19.4. The van der Waals surface area contributed by atoms with Crippen molar-refractivity contribution in [1.29, 1.82) is 5.26 Å². The van der Waals surface area contributed by atoms with Crippen molar-refractivity contribution in [2.24, 2.45) is 5.41 Å². The van der Waals surface area contributed by atoms with Crippen LogP contribution in [0.15, 0.2) is 0 Å². The summed E-state index contributed by atoms with van der Waals surface area (Å²) in [6.45, 7) is 7.11. The number of hydrogen-bond donors (Lipinski definition) is 1. The molecule has 4 heteroatoms. The van der Waals surface area contributed by atoms with Gasteiger partial charge in [0.15, 0.2) is 0 Å². The van der Waals surface area contributed by atoms with Crippen LogP contribution >= 0.6 is 0 Å². The summed E-state index contributed by atoms with van der Waals surface area (Å²) in [5.74, 6) is -0.130. The molecule has 0 unspecified atom stereocenters. The second kappa shape index (κ2) is 5.50. The predicted molar refractivity (Wildman–Crippen MR) is 65.2 cm³/mol. The molecule has 0 saturated carbocycles. The Morgan fingerprint density at radius 1 is 1.41 bits per heavy atom. The van der Waals surface area contributed by atoms with Gasteiger partial charge in [-0.25, -0.2) is 0 Å². The van der Waals surface area contributed by atoms with Crippen LogP contribution in [0.25, 0.3) is 0 Å². The largest absolute Gasteiger partial charge is 0.381 e. The summed E-state index contributed by atoms with van der Waals surface area (Å²) in [7, 11) is 0. The summed E-state index contributed by atoms with van der Waals surface area (Å²) in [5.41, 5.74) is -1.09. The smallest absolute Gasteiger partial charge is 0.241 e. The molecule has 0 bridgehead atoms. The third-order valence-corrected chi connectivity index (χ3v) is 3.97. The number of carbonyl (C=O) groups excluding carboxylic acids is 1. The van der Waals surface area contributed by atoms with Crippen molar-refractivity contribution in [3.8, 4) is 6.07 Å². The number of ether oxygens (including phenoxy) is 1. The van der Waals surface area contributed by atoms with E-state index in [0.717, 1.165) is 12.8 Å². The molecule has 0 aromatic rings. The van der Waals surface area contributed by atoms with E-state index >= 15 is 0 Å². The van der Waals surface area contributed by atoms with Gasteiger partial charge in [0, 0.05) is 18.8 Å². The molecule has 0 aromatic carbocycles. The first-order valence-corrected chi connectivity index (χ1v) is 6.33. The van der Waals surface area contributed by atoms with Crippen LogP contribution in [0.1, 0.15) is 46.5 Å². The molecule has 1 aliphatic heterocycles. The van der Waals surface area contributed by atoms with Crippen molar-refractivity contribution in [3.05, 3.63) is 0 Å². The van der Waals surface area contributed by atoms with Crippen LogP contribution in [0, 0.1) is 16.7 Å². The van der Waals surface area contributed by atoms with Gasteiger partial charge in [0.1, 0.15) is 5.41 Å². The highest BCUT2D eigenvalue weighted by atomic mass is 16.5. The lowest BCUT2D eigenvalue weighted by atomic mass is 9.79. The second-order valence-electron chi connectivity index (χ2n) is 5.03. The second-order valence-corrected chi connectivity index (χ2v) is 5.03. The van der Waals surface area contributed by atoms with Crippen molar-refractivity contribution >= 4 is 5.91 Å². The van der Waals surface area contributed by atoms with Crippen LogP contribution in [-0.4, -0.2) is 24.7 Å². The standard InChI is InChI=1S/C13H22N2O2/c1-4-12(3,5-2)15-11(16)13(10-14)6-8-17-9-7-13/h4-9H2,1-3H3,(H,15,16). The monoisotopic (exact) mass is 238 g/mol. The van der Waals surface area contributed by atoms with E-state index in [0.29, 0.717) is 26.1 Å². The number of hydrogen-bond acceptors (Lipinski definition) is 3. The molecule has 1 heterocycles. The van der Waals surface area contributed by atoms with Crippen LogP contribution in [-0.2, 0) is 9.53 Å². The van der Waals surface area contributed by atoms with Gasteiger partial charge in [-0.05, 0) is 32.6 Å². The number of rotatable bonds is 4. The summed E-state index contributed by atoms with van der Waals surface area (Å²) in [6.07, 6.45) is 2.73. The molecule has 0 aliphatic carbocycles. The molecule has 1 saturated heterocycles. The molecule has 1 N–H and O–H groups in total. The van der Waals surface area contributed by atoms with E-state index in [4.69, 9.17) is 4.74 Å². The number of nitrogens with zero attached hydrogens (tertiary/aromatic N) is 1. The molecular weight excluding hydrogens is 216 g/mol. The summed E-state index contributed by atoms with van der Waals surface area (Å²) >= 11 is 0. The van der Waals surface area contributed by atoms with E-state index in [1.54, 1.807) is 0 Å². The minimum absolute atomic E-state index is 0.130.